The maximum Gasteiger partial charge on any atom is 0.263 e. The Balaban J connectivity index is 1.34. The number of carbonyl (C=O) groups excluding carboxylic acids is 1. The van der Waals surface area contributed by atoms with Crippen molar-refractivity contribution in [3.8, 4) is 23.3 Å². The van der Waals surface area contributed by atoms with Crippen molar-refractivity contribution >= 4 is 50.1 Å². The van der Waals surface area contributed by atoms with Crippen LogP contribution >= 0.6 is 18.9 Å². The first-order valence-corrected chi connectivity index (χ1v) is 28.0. The first-order chi connectivity index (χ1) is 32.7. The first-order valence-electron chi connectivity index (χ1n) is 22.3. The van der Waals surface area contributed by atoms with Gasteiger partial charge in [0.05, 0.1) is 33.2 Å². The second-order valence-corrected chi connectivity index (χ2v) is 26.4. The van der Waals surface area contributed by atoms with Gasteiger partial charge >= 0.3 is 0 Å². The molecular weight excluding hydrogens is 918 g/mol. The standard InChI is InChI=1S/C50H60N7O8PSSi/c1-49(2,3)68(8,9)65-45-44(64-66(56(4)5)67-30-16-29-51)41(63-48(45)57-34-54-43-46(52-33-53-47(43)57)55-42(58)32-61-40-19-14-11-15-20-40)31-62-50(35-17-12-10-13-18-35,36-21-25-38(59-6)26-22-36)37-23-27-39(60-7)28-24-37/h10-15,17-28,33-34,41,44-45,48H,16,30-32H2,1-9H3,(H,52,53,55,58)/t41-,44-,45-,48-,66?/m1/s1. The van der Waals surface area contributed by atoms with Gasteiger partial charge in [-0.25, -0.2) is 15.0 Å². The lowest BCUT2D eigenvalue weighted by Gasteiger charge is -2.41. The maximum absolute atomic E-state index is 13.2. The van der Waals surface area contributed by atoms with E-state index in [1.807, 2.05) is 108 Å². The molecule has 1 aliphatic rings. The van der Waals surface area contributed by atoms with Crippen molar-refractivity contribution in [2.75, 3.05) is 52.6 Å². The van der Waals surface area contributed by atoms with Gasteiger partial charge in [-0.1, -0.05) is 105 Å². The van der Waals surface area contributed by atoms with Gasteiger partial charge in [0.15, 0.2) is 45.6 Å². The number of hydrogen-bond acceptors (Lipinski definition) is 14. The highest BCUT2D eigenvalue weighted by molar-refractivity contribution is 8.53. The van der Waals surface area contributed by atoms with E-state index in [0.717, 1.165) is 16.7 Å². The Morgan fingerprint density at radius 2 is 1.46 bits per heavy atom. The minimum Gasteiger partial charge on any atom is -0.497 e. The monoisotopic (exact) mass is 977 g/mol. The molecule has 1 saturated heterocycles. The van der Waals surface area contributed by atoms with E-state index in [4.69, 9.17) is 42.6 Å². The van der Waals surface area contributed by atoms with Crippen molar-refractivity contribution in [1.29, 1.82) is 5.26 Å². The summed E-state index contributed by atoms with van der Waals surface area (Å²) in [4.78, 5) is 27.1. The highest BCUT2D eigenvalue weighted by atomic mass is 32.7. The summed E-state index contributed by atoms with van der Waals surface area (Å²) in [5, 5.41) is 12.2. The lowest BCUT2D eigenvalue weighted by atomic mass is 9.80. The summed E-state index contributed by atoms with van der Waals surface area (Å²) >= 11 is 1.59. The van der Waals surface area contributed by atoms with Crippen LogP contribution in [0.3, 0.4) is 0 Å². The van der Waals surface area contributed by atoms with Gasteiger partial charge in [0, 0.05) is 12.2 Å². The average Bonchev–Trinajstić information content (AvgIpc) is 3.92. The Hall–Kier alpha value is -5.41. The van der Waals surface area contributed by atoms with Crippen LogP contribution < -0.4 is 19.5 Å². The smallest absolute Gasteiger partial charge is 0.263 e. The molecule has 68 heavy (non-hydrogen) atoms. The van der Waals surface area contributed by atoms with Crippen molar-refractivity contribution in [3.05, 3.63) is 139 Å². The maximum atomic E-state index is 13.2. The molecule has 358 valence electrons. The number of nitrogens with one attached hydrogen (secondary N) is 1. The minimum absolute atomic E-state index is 0.0370. The highest BCUT2D eigenvalue weighted by Gasteiger charge is 2.54. The molecule has 2 aromatic heterocycles. The SMILES string of the molecule is COc1ccc(C(OC[C@H]2O[C@@H](n3cnc4c(NC(=O)COc5ccccc5)ncnc43)[C@H](O[Si](C)(C)C(C)(C)C)[C@@H]2OP(SCCC#N)N(C)C)(c2ccccc2)c2ccc(OC)cc2)cc1. The summed E-state index contributed by atoms with van der Waals surface area (Å²) in [6.07, 6.45) is 0.420. The first kappa shape index (κ1) is 50.5. The number of carbonyl (C=O) groups is 1. The van der Waals surface area contributed by atoms with Gasteiger partial charge < -0.3 is 38.0 Å². The molecule has 0 saturated carbocycles. The van der Waals surface area contributed by atoms with Gasteiger partial charge in [0.25, 0.3) is 5.91 Å². The molecule has 6 aromatic rings. The molecule has 5 atom stereocenters. The van der Waals surface area contributed by atoms with Crippen molar-refractivity contribution in [2.45, 2.75) is 75.5 Å². The molecule has 1 unspecified atom stereocenters. The molecule has 3 heterocycles. The van der Waals surface area contributed by atoms with Crippen LogP contribution in [0.25, 0.3) is 11.2 Å². The molecular formula is C50H60N7O8PSSi. The summed E-state index contributed by atoms with van der Waals surface area (Å²) in [6, 6.07) is 37.3. The molecule has 1 amide bonds. The number of benzene rings is 4. The zero-order valence-corrected chi connectivity index (χ0v) is 42.7. The molecule has 1 aliphatic heterocycles. The number of rotatable bonds is 21. The fourth-order valence-electron chi connectivity index (χ4n) is 7.59. The second kappa shape index (κ2) is 22.3. The Labute approximate surface area is 405 Å². The topological polar surface area (TPSA) is 164 Å². The Bertz CT molecular complexity index is 2570. The van der Waals surface area contributed by atoms with Crippen LogP contribution in [0.1, 0.15) is 50.1 Å². The molecule has 1 fully saturated rings. The summed E-state index contributed by atoms with van der Waals surface area (Å²) in [6.45, 7) is 10.8. The third kappa shape index (κ3) is 11.4. The van der Waals surface area contributed by atoms with E-state index in [-0.39, 0.29) is 24.1 Å². The lowest BCUT2D eigenvalue weighted by molar-refractivity contribution is -0.118. The van der Waals surface area contributed by atoms with E-state index < -0.39 is 51.9 Å². The summed E-state index contributed by atoms with van der Waals surface area (Å²) in [5.74, 6) is 2.36. The van der Waals surface area contributed by atoms with Gasteiger partial charge in [0.2, 0.25) is 0 Å². The van der Waals surface area contributed by atoms with E-state index in [2.05, 4.69) is 62.4 Å². The minimum atomic E-state index is -2.60. The number of amides is 1. The van der Waals surface area contributed by atoms with E-state index in [1.54, 1.807) is 44.1 Å². The van der Waals surface area contributed by atoms with Crippen molar-refractivity contribution in [1.82, 2.24) is 24.2 Å². The van der Waals surface area contributed by atoms with Gasteiger partial charge in [-0.05, 0) is 85.3 Å². The van der Waals surface area contributed by atoms with Crippen LogP contribution in [0.15, 0.2) is 122 Å². The number of hydrogen-bond donors (Lipinski definition) is 1. The van der Waals surface area contributed by atoms with Crippen molar-refractivity contribution in [3.63, 3.8) is 0 Å². The van der Waals surface area contributed by atoms with Gasteiger partial charge in [-0.3, -0.25) is 14.0 Å². The van der Waals surface area contributed by atoms with Crippen LogP contribution in [-0.2, 0) is 28.8 Å². The normalized spacial score (nSPS) is 18.0. The molecule has 15 nitrogen and oxygen atoms in total. The molecule has 0 spiro atoms. The predicted molar refractivity (Wildman–Crippen MR) is 268 cm³/mol. The van der Waals surface area contributed by atoms with E-state index in [0.29, 0.717) is 40.6 Å². The van der Waals surface area contributed by atoms with Crippen LogP contribution in [0.4, 0.5) is 5.82 Å². The largest absolute Gasteiger partial charge is 0.497 e. The van der Waals surface area contributed by atoms with Crippen LogP contribution in [0.2, 0.25) is 18.1 Å². The van der Waals surface area contributed by atoms with Crippen molar-refractivity contribution < 1.29 is 37.4 Å². The average molecular weight is 978 g/mol. The van der Waals surface area contributed by atoms with Crippen LogP contribution in [0.5, 0.6) is 17.2 Å². The van der Waals surface area contributed by atoms with Crippen LogP contribution in [-0.4, -0.2) is 104 Å². The molecule has 0 bridgehead atoms. The Morgan fingerprint density at radius 3 is 2.03 bits per heavy atom. The molecule has 7 rings (SSSR count). The summed E-state index contributed by atoms with van der Waals surface area (Å²) < 4.78 is 50.4. The van der Waals surface area contributed by atoms with E-state index in [9.17, 15) is 10.1 Å². The van der Waals surface area contributed by atoms with Gasteiger partial charge in [0.1, 0.15) is 47.5 Å². The number of ether oxygens (including phenoxy) is 5. The summed E-state index contributed by atoms with van der Waals surface area (Å²) in [7, 11) is 3.31. The zero-order valence-electron chi connectivity index (χ0n) is 40.0. The number of para-hydroxylation sites is 1. The van der Waals surface area contributed by atoms with E-state index in [1.165, 1.54) is 6.33 Å². The number of nitriles is 1. The second-order valence-electron chi connectivity index (χ2n) is 17.8. The van der Waals surface area contributed by atoms with Gasteiger partial charge in [-0.2, -0.15) is 5.26 Å². The number of methoxy groups -OCH3 is 2. The highest BCUT2D eigenvalue weighted by Crippen LogP contribution is 2.57. The fourth-order valence-corrected chi connectivity index (χ4v) is 12.1. The van der Waals surface area contributed by atoms with E-state index >= 15 is 0 Å². The molecule has 18 heteroatoms. The quantitative estimate of drug-likeness (QED) is 0.0314. The summed E-state index contributed by atoms with van der Waals surface area (Å²) in [5.41, 5.74) is 2.22. The number of fused-ring (bicyclic) bond motifs is 1. The molecule has 4 aromatic carbocycles. The predicted octanol–water partition coefficient (Wildman–Crippen LogP) is 9.98. The number of aromatic nitrogens is 4. The van der Waals surface area contributed by atoms with Crippen molar-refractivity contribution in [2.24, 2.45) is 0 Å². The lowest BCUT2D eigenvalue weighted by Crippen LogP contribution is -2.49. The van der Waals surface area contributed by atoms with Crippen LogP contribution in [0, 0.1) is 11.3 Å². The zero-order chi connectivity index (χ0) is 48.5. The molecule has 1 N–H and O–H groups in total. The van der Waals surface area contributed by atoms with Gasteiger partial charge in [-0.15, -0.1) is 0 Å². The molecule has 0 radical (unpaired) electrons. The fraction of sp³-hybridized carbons (Fsp3) is 0.380. The number of nitrogens with zero attached hydrogens (tertiary/aromatic N) is 6. The molecule has 0 aliphatic carbocycles. The number of imidazole rings is 1. The third-order valence-electron chi connectivity index (χ3n) is 12.1. The Morgan fingerprint density at radius 1 is 0.853 bits per heavy atom. The third-order valence-corrected chi connectivity index (χ3v) is 20.7. The Kier molecular flexibility index (Phi) is 16.6. The number of anilines is 1.